The highest BCUT2D eigenvalue weighted by molar-refractivity contribution is 7.53. The van der Waals surface area contributed by atoms with Crippen LogP contribution in [0.4, 0.5) is 0 Å². The molecule has 0 aromatic heterocycles. The van der Waals surface area contributed by atoms with Gasteiger partial charge in [0.15, 0.2) is 0 Å². The van der Waals surface area contributed by atoms with Crippen LogP contribution in [0.15, 0.2) is 0 Å². The van der Waals surface area contributed by atoms with E-state index in [1.165, 1.54) is 12.8 Å². The van der Waals surface area contributed by atoms with E-state index in [1.807, 2.05) is 0 Å². The third kappa shape index (κ3) is 8.01. The molecule has 0 saturated heterocycles. The molecule has 4 heteroatoms. The maximum absolute atomic E-state index is 11.4. The Morgan fingerprint density at radius 3 is 2.20 bits per heavy atom. The van der Waals surface area contributed by atoms with E-state index in [0.29, 0.717) is 6.61 Å². The van der Waals surface area contributed by atoms with Gasteiger partial charge in [0.05, 0.1) is 12.3 Å². The van der Waals surface area contributed by atoms with Crippen molar-refractivity contribution in [2.75, 3.05) is 6.61 Å². The van der Waals surface area contributed by atoms with Gasteiger partial charge in [0.25, 0.3) is 0 Å². The van der Waals surface area contributed by atoms with Gasteiger partial charge in [-0.2, -0.15) is 0 Å². The lowest BCUT2D eigenvalue weighted by Gasteiger charge is -2.15. The van der Waals surface area contributed by atoms with Crippen molar-refractivity contribution in [3.8, 4) is 0 Å². The lowest BCUT2D eigenvalue weighted by molar-refractivity contribution is 0.246. The molecule has 1 unspecified atom stereocenters. The zero-order valence-corrected chi connectivity index (χ0v) is 11.3. The number of rotatable bonds is 8. The van der Waals surface area contributed by atoms with Crippen LogP contribution >= 0.6 is 7.60 Å². The van der Waals surface area contributed by atoms with Gasteiger partial charge in [-0.05, 0) is 12.3 Å². The Kier molecular flexibility index (Phi) is 7.50. The summed E-state index contributed by atoms with van der Waals surface area (Å²) in [7, 11) is -3.33. The van der Waals surface area contributed by atoms with Crippen molar-refractivity contribution in [3.63, 3.8) is 0 Å². The van der Waals surface area contributed by atoms with Crippen molar-refractivity contribution >= 4 is 7.60 Å². The summed E-state index contributed by atoms with van der Waals surface area (Å²) in [6.45, 7) is 8.23. The fourth-order valence-corrected chi connectivity index (χ4v) is 1.86. The summed E-state index contributed by atoms with van der Waals surface area (Å²) in [5.74, 6) is 0.741. The van der Waals surface area contributed by atoms with Gasteiger partial charge in [-0.3, -0.25) is 4.57 Å². The van der Waals surface area contributed by atoms with Crippen LogP contribution in [0.1, 0.15) is 53.4 Å². The van der Waals surface area contributed by atoms with Crippen LogP contribution in [0.25, 0.3) is 0 Å². The van der Waals surface area contributed by atoms with Crippen LogP contribution in [0.2, 0.25) is 0 Å². The maximum atomic E-state index is 11.4. The molecule has 15 heavy (non-hydrogen) atoms. The van der Waals surface area contributed by atoms with Gasteiger partial charge >= 0.3 is 7.60 Å². The van der Waals surface area contributed by atoms with Gasteiger partial charge in [-0.25, -0.2) is 0 Å². The normalized spacial score (nSPS) is 15.9. The van der Waals surface area contributed by atoms with Gasteiger partial charge in [-0.1, -0.05) is 47.0 Å². The summed E-state index contributed by atoms with van der Waals surface area (Å²) >= 11 is 0. The molecule has 1 atom stereocenters. The molecule has 3 nitrogen and oxygen atoms in total. The van der Waals surface area contributed by atoms with Gasteiger partial charge in [-0.15, -0.1) is 0 Å². The van der Waals surface area contributed by atoms with E-state index in [4.69, 9.17) is 4.52 Å². The molecular weight excluding hydrogens is 211 g/mol. The van der Waals surface area contributed by atoms with E-state index in [1.54, 1.807) is 13.8 Å². The molecule has 0 aromatic rings. The van der Waals surface area contributed by atoms with Gasteiger partial charge in [0.1, 0.15) is 0 Å². The SMILES string of the molecule is CC(C)CCCCCOP(=O)(O)C(C)C. The zero-order valence-electron chi connectivity index (χ0n) is 10.4. The van der Waals surface area contributed by atoms with Gasteiger partial charge in [0, 0.05) is 0 Å². The van der Waals surface area contributed by atoms with Crippen LogP contribution in [-0.4, -0.2) is 17.2 Å². The molecule has 0 aromatic carbocycles. The van der Waals surface area contributed by atoms with Gasteiger partial charge < -0.3 is 9.42 Å². The average Bonchev–Trinajstić information content (AvgIpc) is 2.10. The second-order valence-corrected chi connectivity index (χ2v) is 7.15. The highest BCUT2D eigenvalue weighted by atomic mass is 31.2. The molecule has 0 amide bonds. The molecule has 0 aliphatic rings. The van der Waals surface area contributed by atoms with Crippen molar-refractivity contribution in [2.24, 2.45) is 5.92 Å². The van der Waals surface area contributed by atoms with Crippen LogP contribution < -0.4 is 0 Å². The molecule has 0 heterocycles. The maximum Gasteiger partial charge on any atom is 0.330 e. The Morgan fingerprint density at radius 2 is 1.73 bits per heavy atom. The Hall–Kier alpha value is 0.150. The molecule has 0 aliphatic heterocycles. The molecular formula is C11H25O3P. The molecule has 0 rings (SSSR count). The van der Waals surface area contributed by atoms with Crippen molar-refractivity contribution in [1.82, 2.24) is 0 Å². The second kappa shape index (κ2) is 7.43. The molecule has 0 radical (unpaired) electrons. The summed E-state index contributed by atoms with van der Waals surface area (Å²) in [5.41, 5.74) is -0.298. The van der Waals surface area contributed by atoms with Crippen molar-refractivity contribution in [1.29, 1.82) is 0 Å². The minimum atomic E-state index is -3.33. The van der Waals surface area contributed by atoms with E-state index >= 15 is 0 Å². The van der Waals surface area contributed by atoms with Crippen LogP contribution in [0.5, 0.6) is 0 Å². The van der Waals surface area contributed by atoms with Crippen molar-refractivity contribution in [3.05, 3.63) is 0 Å². The predicted molar refractivity (Wildman–Crippen MR) is 64.2 cm³/mol. The largest absolute Gasteiger partial charge is 0.330 e. The predicted octanol–water partition coefficient (Wildman–Crippen LogP) is 3.81. The standard InChI is InChI=1S/C11H25O3P/c1-10(2)8-6-5-7-9-14-15(12,13)11(3)4/h10-11H,5-9H2,1-4H3,(H,12,13). The number of hydrogen-bond donors (Lipinski definition) is 1. The Labute approximate surface area is 93.8 Å². The van der Waals surface area contributed by atoms with Crippen molar-refractivity contribution < 1.29 is 14.0 Å². The third-order valence-corrected chi connectivity index (χ3v) is 4.21. The first-order chi connectivity index (χ1) is 6.86. The Morgan fingerprint density at radius 1 is 1.13 bits per heavy atom. The highest BCUT2D eigenvalue weighted by Gasteiger charge is 2.23. The number of unbranched alkanes of at least 4 members (excludes halogenated alkanes) is 2. The number of hydrogen-bond acceptors (Lipinski definition) is 2. The monoisotopic (exact) mass is 236 g/mol. The second-order valence-electron chi connectivity index (χ2n) is 4.73. The summed E-state index contributed by atoms with van der Waals surface area (Å²) < 4.78 is 16.4. The van der Waals surface area contributed by atoms with E-state index in [2.05, 4.69) is 13.8 Å². The quantitative estimate of drug-likeness (QED) is 0.515. The van der Waals surface area contributed by atoms with E-state index in [0.717, 1.165) is 18.8 Å². The molecule has 92 valence electrons. The van der Waals surface area contributed by atoms with Crippen LogP contribution in [0, 0.1) is 5.92 Å². The molecule has 1 N–H and O–H groups in total. The zero-order chi connectivity index (χ0) is 11.9. The van der Waals surface area contributed by atoms with Gasteiger partial charge in [0.2, 0.25) is 0 Å². The minimum absolute atomic E-state index is 0.298. The molecule has 0 aliphatic carbocycles. The van der Waals surface area contributed by atoms with Crippen molar-refractivity contribution in [2.45, 2.75) is 59.0 Å². The first-order valence-corrected chi connectivity index (χ1v) is 7.48. The highest BCUT2D eigenvalue weighted by Crippen LogP contribution is 2.46. The third-order valence-electron chi connectivity index (χ3n) is 2.35. The van der Waals surface area contributed by atoms with Crippen LogP contribution in [0.3, 0.4) is 0 Å². The first kappa shape index (κ1) is 15.2. The summed E-state index contributed by atoms with van der Waals surface area (Å²) in [5, 5.41) is 0. The lowest BCUT2D eigenvalue weighted by atomic mass is 10.1. The molecule has 0 saturated carbocycles. The molecule has 0 bridgehead atoms. The van der Waals surface area contributed by atoms with E-state index in [-0.39, 0.29) is 5.66 Å². The summed E-state index contributed by atoms with van der Waals surface area (Å²) in [4.78, 5) is 9.37. The first-order valence-electron chi connectivity index (χ1n) is 5.83. The Bertz CT molecular complexity index is 202. The smallest absolute Gasteiger partial charge is 0.324 e. The summed E-state index contributed by atoms with van der Waals surface area (Å²) in [6, 6.07) is 0. The summed E-state index contributed by atoms with van der Waals surface area (Å²) in [6.07, 6.45) is 4.36. The van der Waals surface area contributed by atoms with Crippen LogP contribution in [-0.2, 0) is 9.09 Å². The molecule has 0 spiro atoms. The van der Waals surface area contributed by atoms with E-state index in [9.17, 15) is 9.46 Å². The fourth-order valence-electron chi connectivity index (χ4n) is 1.18. The average molecular weight is 236 g/mol. The lowest BCUT2D eigenvalue weighted by Crippen LogP contribution is -2.02. The molecule has 0 fully saturated rings. The minimum Gasteiger partial charge on any atom is -0.324 e. The Balaban J connectivity index is 3.43. The fraction of sp³-hybridized carbons (Fsp3) is 1.00. The van der Waals surface area contributed by atoms with E-state index < -0.39 is 7.60 Å². The topological polar surface area (TPSA) is 46.5 Å².